The van der Waals surface area contributed by atoms with Gasteiger partial charge in [-0.3, -0.25) is 14.9 Å². The van der Waals surface area contributed by atoms with Gasteiger partial charge in [0.05, 0.1) is 4.92 Å². The molecular weight excluding hydrogens is 306 g/mol. The number of anilines is 2. The molecule has 1 amide bonds. The van der Waals surface area contributed by atoms with E-state index in [0.717, 1.165) is 5.69 Å². The van der Waals surface area contributed by atoms with Crippen molar-refractivity contribution in [2.24, 2.45) is 0 Å². The van der Waals surface area contributed by atoms with E-state index in [1.807, 2.05) is 0 Å². The second-order valence-corrected chi connectivity index (χ2v) is 5.11. The molecule has 2 N–H and O–H groups in total. The predicted molar refractivity (Wildman–Crippen MR) is 86.3 cm³/mol. The number of carbonyl (C=O) groups excluding carboxylic acids is 1. The van der Waals surface area contributed by atoms with Crippen LogP contribution >= 0.6 is 11.6 Å². The number of rotatable bonds is 5. The van der Waals surface area contributed by atoms with Gasteiger partial charge in [0, 0.05) is 28.5 Å². The van der Waals surface area contributed by atoms with Crippen molar-refractivity contribution in [2.75, 3.05) is 10.6 Å². The van der Waals surface area contributed by atoms with Crippen molar-refractivity contribution in [3.8, 4) is 0 Å². The van der Waals surface area contributed by atoms with E-state index in [-0.39, 0.29) is 11.6 Å². The molecule has 0 bridgehead atoms. The van der Waals surface area contributed by atoms with Crippen molar-refractivity contribution in [1.82, 2.24) is 0 Å². The number of nitrogens with zero attached hydrogens (tertiary/aromatic N) is 1. The zero-order chi connectivity index (χ0) is 16.1. The lowest BCUT2D eigenvalue weighted by atomic mass is 10.2. The van der Waals surface area contributed by atoms with Crippen LogP contribution in [0, 0.1) is 10.1 Å². The van der Waals surface area contributed by atoms with Crippen LogP contribution in [-0.2, 0) is 4.79 Å². The molecule has 114 valence electrons. The molecular formula is C15H14ClN3O3. The van der Waals surface area contributed by atoms with E-state index in [1.54, 1.807) is 37.3 Å². The number of nitro groups is 1. The first-order chi connectivity index (χ1) is 10.5. The Morgan fingerprint density at radius 2 is 1.86 bits per heavy atom. The minimum absolute atomic E-state index is 0.0730. The van der Waals surface area contributed by atoms with E-state index in [4.69, 9.17) is 11.6 Å². The minimum atomic E-state index is -0.513. The van der Waals surface area contributed by atoms with Crippen molar-refractivity contribution >= 4 is 34.6 Å². The Bertz CT molecular complexity index is 689. The Labute approximate surface area is 132 Å². The van der Waals surface area contributed by atoms with E-state index in [1.165, 1.54) is 18.2 Å². The van der Waals surface area contributed by atoms with E-state index in [0.29, 0.717) is 10.7 Å². The molecule has 0 saturated carbocycles. The van der Waals surface area contributed by atoms with E-state index < -0.39 is 11.0 Å². The lowest BCUT2D eigenvalue weighted by Crippen LogP contribution is -2.31. The summed E-state index contributed by atoms with van der Waals surface area (Å²) in [6.45, 7) is 1.70. The van der Waals surface area contributed by atoms with Gasteiger partial charge < -0.3 is 10.6 Å². The number of nitrogens with one attached hydrogen (secondary N) is 2. The molecule has 6 nitrogen and oxygen atoms in total. The first-order valence-corrected chi connectivity index (χ1v) is 6.91. The SMILES string of the molecule is CC(Nc1ccc(Cl)cc1)C(=O)Nc1cccc([N+](=O)[O-])c1. The third kappa shape index (κ3) is 4.20. The Kier molecular flexibility index (Phi) is 4.95. The first-order valence-electron chi connectivity index (χ1n) is 6.53. The highest BCUT2D eigenvalue weighted by Gasteiger charge is 2.14. The van der Waals surface area contributed by atoms with Crippen LogP contribution in [0.4, 0.5) is 17.1 Å². The lowest BCUT2D eigenvalue weighted by molar-refractivity contribution is -0.384. The summed E-state index contributed by atoms with van der Waals surface area (Å²) in [5.41, 5.74) is 1.06. The van der Waals surface area contributed by atoms with Crippen molar-refractivity contribution in [1.29, 1.82) is 0 Å². The Hall–Kier alpha value is -2.60. The number of non-ortho nitro benzene ring substituents is 1. The fourth-order valence-corrected chi connectivity index (χ4v) is 1.94. The highest BCUT2D eigenvalue weighted by molar-refractivity contribution is 6.30. The van der Waals surface area contributed by atoms with Gasteiger partial charge in [0.2, 0.25) is 5.91 Å². The Morgan fingerprint density at radius 3 is 2.50 bits per heavy atom. The molecule has 1 unspecified atom stereocenters. The first kappa shape index (κ1) is 15.8. The van der Waals surface area contributed by atoms with Gasteiger partial charge in [-0.1, -0.05) is 17.7 Å². The monoisotopic (exact) mass is 319 g/mol. The molecule has 2 aromatic carbocycles. The standard InChI is InChI=1S/C15H14ClN3O3/c1-10(17-12-7-5-11(16)6-8-12)15(20)18-13-3-2-4-14(9-13)19(21)22/h2-10,17H,1H3,(H,18,20). The number of carbonyl (C=O) groups is 1. The van der Waals surface area contributed by atoms with Crippen LogP contribution < -0.4 is 10.6 Å². The van der Waals surface area contributed by atoms with Gasteiger partial charge in [-0.2, -0.15) is 0 Å². The highest BCUT2D eigenvalue weighted by atomic mass is 35.5. The normalized spacial score (nSPS) is 11.5. The zero-order valence-electron chi connectivity index (χ0n) is 11.7. The fraction of sp³-hybridized carbons (Fsp3) is 0.133. The van der Waals surface area contributed by atoms with E-state index in [9.17, 15) is 14.9 Å². The second-order valence-electron chi connectivity index (χ2n) is 4.67. The molecule has 1 atom stereocenters. The highest BCUT2D eigenvalue weighted by Crippen LogP contribution is 2.18. The van der Waals surface area contributed by atoms with Crippen LogP contribution in [0.5, 0.6) is 0 Å². The lowest BCUT2D eigenvalue weighted by Gasteiger charge is -2.15. The Morgan fingerprint density at radius 1 is 1.18 bits per heavy atom. The number of nitro benzene ring substituents is 1. The van der Waals surface area contributed by atoms with E-state index in [2.05, 4.69) is 10.6 Å². The molecule has 2 aromatic rings. The summed E-state index contributed by atoms with van der Waals surface area (Å²) in [4.78, 5) is 22.3. The number of hydrogen-bond acceptors (Lipinski definition) is 4. The summed E-state index contributed by atoms with van der Waals surface area (Å²) >= 11 is 5.80. The van der Waals surface area contributed by atoms with Gasteiger partial charge in [0.15, 0.2) is 0 Å². The van der Waals surface area contributed by atoms with Crippen molar-refractivity contribution in [3.05, 3.63) is 63.7 Å². The minimum Gasteiger partial charge on any atom is -0.374 e. The number of benzene rings is 2. The molecule has 0 aliphatic carbocycles. The molecule has 0 radical (unpaired) electrons. The van der Waals surface area contributed by atoms with Gasteiger partial charge in [-0.15, -0.1) is 0 Å². The summed E-state index contributed by atoms with van der Waals surface area (Å²) in [7, 11) is 0. The van der Waals surface area contributed by atoms with Crippen LogP contribution in [0.3, 0.4) is 0 Å². The Balaban J connectivity index is 2.00. The average Bonchev–Trinajstić information content (AvgIpc) is 2.49. The molecule has 0 aromatic heterocycles. The molecule has 0 heterocycles. The van der Waals surface area contributed by atoms with Crippen molar-refractivity contribution in [3.63, 3.8) is 0 Å². The maximum Gasteiger partial charge on any atom is 0.271 e. The van der Waals surface area contributed by atoms with Gasteiger partial charge in [-0.05, 0) is 37.3 Å². The molecule has 0 fully saturated rings. The summed E-state index contributed by atoms with van der Waals surface area (Å²) in [5.74, 6) is -0.296. The fourth-order valence-electron chi connectivity index (χ4n) is 1.81. The van der Waals surface area contributed by atoms with Gasteiger partial charge in [0.1, 0.15) is 6.04 Å². The third-order valence-corrected chi connectivity index (χ3v) is 3.20. The third-order valence-electron chi connectivity index (χ3n) is 2.95. The van der Waals surface area contributed by atoms with Crippen LogP contribution in [0.1, 0.15) is 6.92 Å². The summed E-state index contributed by atoms with van der Waals surface area (Å²) in [6.07, 6.45) is 0. The van der Waals surface area contributed by atoms with Gasteiger partial charge >= 0.3 is 0 Å². The molecule has 0 saturated heterocycles. The van der Waals surface area contributed by atoms with Crippen LogP contribution in [0.15, 0.2) is 48.5 Å². The van der Waals surface area contributed by atoms with E-state index >= 15 is 0 Å². The maximum absolute atomic E-state index is 12.1. The summed E-state index contributed by atoms with van der Waals surface area (Å²) in [6, 6.07) is 12.2. The second kappa shape index (κ2) is 6.91. The van der Waals surface area contributed by atoms with Crippen LogP contribution in [0.25, 0.3) is 0 Å². The number of halogens is 1. The van der Waals surface area contributed by atoms with Crippen LogP contribution in [-0.4, -0.2) is 16.9 Å². The van der Waals surface area contributed by atoms with Crippen molar-refractivity contribution < 1.29 is 9.72 Å². The summed E-state index contributed by atoms with van der Waals surface area (Å²) < 4.78 is 0. The molecule has 7 heteroatoms. The molecule has 2 rings (SSSR count). The largest absolute Gasteiger partial charge is 0.374 e. The van der Waals surface area contributed by atoms with Gasteiger partial charge in [-0.25, -0.2) is 0 Å². The average molecular weight is 320 g/mol. The summed E-state index contributed by atoms with van der Waals surface area (Å²) in [5, 5.41) is 17.0. The van der Waals surface area contributed by atoms with Gasteiger partial charge in [0.25, 0.3) is 5.69 Å². The smallest absolute Gasteiger partial charge is 0.271 e. The number of hydrogen-bond donors (Lipinski definition) is 2. The van der Waals surface area contributed by atoms with Crippen LogP contribution in [0.2, 0.25) is 5.02 Å². The topological polar surface area (TPSA) is 84.3 Å². The number of amides is 1. The molecule has 0 aliphatic heterocycles. The van der Waals surface area contributed by atoms with Crippen molar-refractivity contribution in [2.45, 2.75) is 13.0 Å². The molecule has 0 spiro atoms. The predicted octanol–water partition coefficient (Wildman–Crippen LogP) is 3.69. The molecule has 0 aliphatic rings. The quantitative estimate of drug-likeness (QED) is 0.650. The zero-order valence-corrected chi connectivity index (χ0v) is 12.5. The maximum atomic E-state index is 12.1. The molecule has 22 heavy (non-hydrogen) atoms.